The third-order valence-corrected chi connectivity index (χ3v) is 10.6. The number of aliphatic hydroxyl groups excluding tert-OH is 1. The highest BCUT2D eigenvalue weighted by molar-refractivity contribution is 8.00. The van der Waals surface area contributed by atoms with E-state index in [4.69, 9.17) is 25.8 Å². The molecule has 6 rings (SSSR count). The molecule has 4 aromatic rings. The predicted octanol–water partition coefficient (Wildman–Crippen LogP) is 8.40. The van der Waals surface area contributed by atoms with Gasteiger partial charge in [-0.25, -0.2) is 0 Å². The van der Waals surface area contributed by atoms with Crippen molar-refractivity contribution in [3.63, 3.8) is 0 Å². The van der Waals surface area contributed by atoms with Gasteiger partial charge in [0.2, 0.25) is 5.13 Å². The lowest BCUT2D eigenvalue weighted by Gasteiger charge is -2.23. The molecule has 2 aliphatic heterocycles. The molecule has 1 fully saturated rings. The topological polar surface area (TPSA) is 111 Å². The molecule has 2 atom stereocenters. The number of ketones is 1. The molecule has 12 heteroatoms. The van der Waals surface area contributed by atoms with E-state index < -0.39 is 17.7 Å². The fourth-order valence-corrected chi connectivity index (χ4v) is 7.95. The molecule has 1 aromatic heterocycles. The Morgan fingerprint density at radius 3 is 2.69 bits per heavy atom. The van der Waals surface area contributed by atoms with Gasteiger partial charge in [0.05, 0.1) is 24.8 Å². The van der Waals surface area contributed by atoms with E-state index in [0.717, 1.165) is 36.1 Å². The average Bonchev–Trinajstić information content (AvgIpc) is 3.77. The van der Waals surface area contributed by atoms with Crippen LogP contribution >= 0.6 is 34.7 Å². The summed E-state index contributed by atoms with van der Waals surface area (Å²) in [6.07, 6.45) is 3.70. The molecule has 0 unspecified atom stereocenters. The molecule has 9 nitrogen and oxygen atoms in total. The SMILES string of the molecule is CCCCCOc1ccc([C@H]2C(=C(O)c3ccc4c(c3)C[C@H](C)O4)C(=O)C(=O)N2c2nnc(SCc3ccccc3Cl)s2)cc1OCC. The molecule has 3 aromatic carbocycles. The van der Waals surface area contributed by atoms with Crippen LogP contribution in [0.1, 0.15) is 68.3 Å². The quantitative estimate of drug-likeness (QED) is 0.0366. The predicted molar refractivity (Wildman–Crippen MR) is 189 cm³/mol. The maximum Gasteiger partial charge on any atom is 0.301 e. The standard InChI is InChI=1S/C36H36ClN3O6S2/c1-4-6-9-16-45-28-15-12-22(19-29(28)44-5-2)31-30(32(41)23-13-14-27-25(18-23)17-21(3)46-27)33(42)34(43)40(31)35-38-39-36(48-35)47-20-24-10-7-8-11-26(24)37/h7-8,10-15,18-19,21,31,41H,4-6,9,16-17,20H2,1-3H3/t21-,31-/m0/s1. The van der Waals surface area contributed by atoms with Crippen LogP contribution in [0.15, 0.2) is 70.6 Å². The van der Waals surface area contributed by atoms with Gasteiger partial charge < -0.3 is 19.3 Å². The lowest BCUT2D eigenvalue weighted by molar-refractivity contribution is -0.132. The normalized spacial score (nSPS) is 18.2. The van der Waals surface area contributed by atoms with Gasteiger partial charge in [0.1, 0.15) is 17.6 Å². The largest absolute Gasteiger partial charge is 0.507 e. The zero-order chi connectivity index (χ0) is 33.8. The Labute approximate surface area is 292 Å². The van der Waals surface area contributed by atoms with Gasteiger partial charge in [-0.05, 0) is 73.4 Å². The summed E-state index contributed by atoms with van der Waals surface area (Å²) in [6.45, 7) is 6.90. The van der Waals surface area contributed by atoms with Gasteiger partial charge in [-0.3, -0.25) is 14.5 Å². The van der Waals surface area contributed by atoms with Crippen molar-refractivity contribution in [2.75, 3.05) is 18.1 Å². The number of ether oxygens (including phenoxy) is 3. The summed E-state index contributed by atoms with van der Waals surface area (Å²) in [5, 5.41) is 21.3. The molecular weight excluding hydrogens is 670 g/mol. The molecule has 3 heterocycles. The third kappa shape index (κ3) is 7.04. The number of hydrogen-bond donors (Lipinski definition) is 1. The Morgan fingerprint density at radius 1 is 1.06 bits per heavy atom. The highest BCUT2D eigenvalue weighted by Crippen LogP contribution is 2.46. The first-order valence-electron chi connectivity index (χ1n) is 16.0. The van der Waals surface area contributed by atoms with Crippen molar-refractivity contribution < 1.29 is 28.9 Å². The maximum atomic E-state index is 13.9. The first-order chi connectivity index (χ1) is 23.3. The van der Waals surface area contributed by atoms with E-state index in [-0.39, 0.29) is 22.6 Å². The van der Waals surface area contributed by atoms with E-state index >= 15 is 0 Å². The summed E-state index contributed by atoms with van der Waals surface area (Å²) in [4.78, 5) is 29.0. The molecule has 0 aliphatic carbocycles. The van der Waals surface area contributed by atoms with Gasteiger partial charge in [-0.2, -0.15) is 0 Å². The highest BCUT2D eigenvalue weighted by atomic mass is 35.5. The zero-order valence-corrected chi connectivity index (χ0v) is 29.3. The number of nitrogens with zero attached hydrogens (tertiary/aromatic N) is 3. The molecule has 0 spiro atoms. The van der Waals surface area contributed by atoms with Crippen molar-refractivity contribution in [2.24, 2.45) is 0 Å². The Hall–Kier alpha value is -4.06. The average molecular weight is 706 g/mol. The highest BCUT2D eigenvalue weighted by Gasteiger charge is 2.48. The molecule has 0 saturated carbocycles. The minimum Gasteiger partial charge on any atom is -0.507 e. The monoisotopic (exact) mass is 705 g/mol. The Kier molecular flexibility index (Phi) is 10.6. The molecule has 48 heavy (non-hydrogen) atoms. The smallest absolute Gasteiger partial charge is 0.301 e. The van der Waals surface area contributed by atoms with E-state index in [9.17, 15) is 14.7 Å². The molecule has 1 amide bonds. The van der Waals surface area contributed by atoms with Gasteiger partial charge in [0.25, 0.3) is 5.78 Å². The van der Waals surface area contributed by atoms with Crippen LogP contribution in [0.4, 0.5) is 5.13 Å². The van der Waals surface area contributed by atoms with Gasteiger partial charge in [-0.15, -0.1) is 10.2 Å². The summed E-state index contributed by atoms with van der Waals surface area (Å²) >= 11 is 8.98. The van der Waals surface area contributed by atoms with Crippen LogP contribution in [0.5, 0.6) is 17.2 Å². The number of aliphatic hydroxyl groups is 1. The summed E-state index contributed by atoms with van der Waals surface area (Å²) < 4.78 is 18.5. The number of aromatic nitrogens is 2. The van der Waals surface area contributed by atoms with Crippen LogP contribution in [0.25, 0.3) is 5.76 Å². The lowest BCUT2D eigenvalue weighted by Crippen LogP contribution is -2.29. The summed E-state index contributed by atoms with van der Waals surface area (Å²) in [5.41, 5.74) is 2.79. The van der Waals surface area contributed by atoms with Crippen molar-refractivity contribution >= 4 is 57.3 Å². The Morgan fingerprint density at radius 2 is 1.90 bits per heavy atom. The Balaban J connectivity index is 1.40. The molecule has 0 radical (unpaired) electrons. The Bertz CT molecular complexity index is 1860. The van der Waals surface area contributed by atoms with Crippen LogP contribution in [0, 0.1) is 0 Å². The molecule has 2 aliphatic rings. The summed E-state index contributed by atoms with van der Waals surface area (Å²) in [7, 11) is 0. The number of halogens is 1. The van der Waals surface area contributed by atoms with Crippen LogP contribution in [0.2, 0.25) is 5.02 Å². The first kappa shape index (κ1) is 33.8. The minimum atomic E-state index is -1.00. The number of Topliss-reactive ketones (excluding diaryl/α,β-unsaturated/α-hetero) is 1. The molecule has 1 N–H and O–H groups in total. The second-order valence-corrected chi connectivity index (χ2v) is 14.1. The number of thioether (sulfide) groups is 1. The lowest BCUT2D eigenvalue weighted by atomic mass is 9.94. The van der Waals surface area contributed by atoms with Crippen LogP contribution in [0.3, 0.4) is 0 Å². The van der Waals surface area contributed by atoms with Crippen molar-refractivity contribution in [3.05, 3.63) is 93.5 Å². The number of fused-ring (bicyclic) bond motifs is 1. The fraction of sp³-hybridized carbons (Fsp3) is 0.333. The number of hydrogen-bond acceptors (Lipinski definition) is 10. The van der Waals surface area contributed by atoms with Crippen molar-refractivity contribution in [3.8, 4) is 17.2 Å². The molecular formula is C36H36ClN3O6S2. The number of rotatable bonds is 13. The number of carbonyl (C=O) groups is 2. The van der Waals surface area contributed by atoms with Crippen LogP contribution in [-0.4, -0.2) is 46.3 Å². The zero-order valence-electron chi connectivity index (χ0n) is 26.9. The second kappa shape index (κ2) is 15.0. The van der Waals surface area contributed by atoms with E-state index in [0.29, 0.717) is 57.4 Å². The van der Waals surface area contributed by atoms with Crippen LogP contribution in [-0.2, 0) is 21.8 Å². The fourth-order valence-electron chi connectivity index (χ4n) is 5.80. The van der Waals surface area contributed by atoms with Crippen molar-refractivity contribution in [1.82, 2.24) is 10.2 Å². The molecule has 1 saturated heterocycles. The van der Waals surface area contributed by atoms with E-state index in [1.54, 1.807) is 30.3 Å². The van der Waals surface area contributed by atoms with E-state index in [1.807, 2.05) is 44.2 Å². The maximum absolute atomic E-state index is 13.9. The minimum absolute atomic E-state index is 0.00468. The number of carbonyl (C=O) groups excluding carboxylic acids is 2. The van der Waals surface area contributed by atoms with Gasteiger partial charge in [0.15, 0.2) is 15.8 Å². The molecule has 0 bridgehead atoms. The van der Waals surface area contributed by atoms with Crippen LogP contribution < -0.4 is 19.1 Å². The number of unbranched alkanes of at least 4 members (excludes halogenated alkanes) is 2. The van der Waals surface area contributed by atoms with Crippen molar-refractivity contribution in [2.45, 2.75) is 68.7 Å². The van der Waals surface area contributed by atoms with Gasteiger partial charge in [0, 0.05) is 22.8 Å². The number of anilines is 1. The van der Waals surface area contributed by atoms with Gasteiger partial charge in [-0.1, -0.05) is 78.7 Å². The van der Waals surface area contributed by atoms with E-state index in [1.165, 1.54) is 28.0 Å². The summed E-state index contributed by atoms with van der Waals surface area (Å²) in [5.74, 6) is 0.428. The van der Waals surface area contributed by atoms with Gasteiger partial charge >= 0.3 is 5.91 Å². The first-order valence-corrected chi connectivity index (χ1v) is 18.2. The molecule has 250 valence electrons. The second-order valence-electron chi connectivity index (χ2n) is 11.5. The number of benzene rings is 3. The number of amides is 1. The van der Waals surface area contributed by atoms with Crippen molar-refractivity contribution in [1.29, 1.82) is 0 Å². The third-order valence-electron chi connectivity index (χ3n) is 8.11. The van der Waals surface area contributed by atoms with E-state index in [2.05, 4.69) is 17.1 Å². The summed E-state index contributed by atoms with van der Waals surface area (Å²) in [6, 6.07) is 17.2.